The maximum atomic E-state index is 12.4. The highest BCUT2D eigenvalue weighted by Crippen LogP contribution is 2.41. The summed E-state index contributed by atoms with van der Waals surface area (Å²) in [6.07, 6.45) is 39.5. The molecule has 0 aromatic heterocycles. The van der Waals surface area contributed by atoms with Crippen molar-refractivity contribution in [2.24, 2.45) is 0 Å². The van der Waals surface area contributed by atoms with Crippen LogP contribution in [-0.2, 0) is 23.1 Å². The summed E-state index contributed by atoms with van der Waals surface area (Å²) in [5.41, 5.74) is 0. The van der Waals surface area contributed by atoms with Crippen molar-refractivity contribution in [3.8, 4) is 0 Å². The SMILES string of the molecule is CCCCCCCCCCCCCCCCC1(CCCCCCCCCCCCCCCC)OCC(COP(=O)([O-])OCCC[N+](C)(C)C)O1. The van der Waals surface area contributed by atoms with Gasteiger partial charge < -0.3 is 27.9 Å². The first-order valence-electron chi connectivity index (χ1n) is 21.8. The summed E-state index contributed by atoms with van der Waals surface area (Å²) in [5, 5.41) is 0. The lowest BCUT2D eigenvalue weighted by Crippen LogP contribution is -2.35. The fraction of sp³-hybridized carbons (Fsp3) is 1.00. The summed E-state index contributed by atoms with van der Waals surface area (Å²) in [5.74, 6) is -0.610. The zero-order valence-corrected chi connectivity index (χ0v) is 35.1. The molecule has 1 heterocycles. The van der Waals surface area contributed by atoms with Gasteiger partial charge in [0.15, 0.2) is 5.79 Å². The van der Waals surface area contributed by atoms with Crippen molar-refractivity contribution < 1.29 is 32.5 Å². The van der Waals surface area contributed by atoms with Crippen molar-refractivity contribution in [3.63, 3.8) is 0 Å². The van der Waals surface area contributed by atoms with Gasteiger partial charge in [0.25, 0.3) is 7.82 Å². The van der Waals surface area contributed by atoms with Crippen LogP contribution in [0.3, 0.4) is 0 Å². The van der Waals surface area contributed by atoms with Gasteiger partial charge in [0.2, 0.25) is 0 Å². The monoisotopic (exact) mass is 732 g/mol. The zero-order chi connectivity index (χ0) is 36.7. The average Bonchev–Trinajstić information content (AvgIpc) is 3.49. The Morgan fingerprint density at radius 2 is 0.940 bits per heavy atom. The first kappa shape index (κ1) is 48.0. The molecule has 8 heteroatoms. The highest BCUT2D eigenvalue weighted by Gasteiger charge is 2.41. The van der Waals surface area contributed by atoms with E-state index in [0.29, 0.717) is 13.0 Å². The summed E-state index contributed by atoms with van der Waals surface area (Å²) in [4.78, 5) is 12.4. The lowest BCUT2D eigenvalue weighted by atomic mass is 9.98. The predicted molar refractivity (Wildman–Crippen MR) is 210 cm³/mol. The van der Waals surface area contributed by atoms with Crippen LogP contribution in [0.15, 0.2) is 0 Å². The Hall–Kier alpha value is -0.0100. The van der Waals surface area contributed by atoms with E-state index in [4.69, 9.17) is 18.5 Å². The third kappa shape index (κ3) is 29.4. The fourth-order valence-corrected chi connectivity index (χ4v) is 7.97. The van der Waals surface area contributed by atoms with Gasteiger partial charge in [-0.1, -0.05) is 181 Å². The number of rotatable bonds is 38. The van der Waals surface area contributed by atoms with E-state index in [1.54, 1.807) is 0 Å². The van der Waals surface area contributed by atoms with Crippen LogP contribution in [0.1, 0.15) is 213 Å². The number of unbranched alkanes of at least 4 members (excludes halogenated alkanes) is 26. The molecule has 0 radical (unpaired) electrons. The van der Waals surface area contributed by atoms with Crippen molar-refractivity contribution in [3.05, 3.63) is 0 Å². The maximum absolute atomic E-state index is 12.4. The number of ether oxygens (including phenoxy) is 2. The molecule has 300 valence electrons. The summed E-state index contributed by atoms with van der Waals surface area (Å²) >= 11 is 0. The topological polar surface area (TPSA) is 77.1 Å². The first-order valence-corrected chi connectivity index (χ1v) is 23.3. The lowest BCUT2D eigenvalue weighted by molar-refractivity contribution is -0.870. The quantitative estimate of drug-likeness (QED) is 0.0357. The van der Waals surface area contributed by atoms with Gasteiger partial charge in [-0.3, -0.25) is 4.57 Å². The molecular formula is C42H86NO6P. The van der Waals surface area contributed by atoms with Crippen LogP contribution in [0.25, 0.3) is 0 Å². The smallest absolute Gasteiger partial charge is 0.267 e. The average molecular weight is 732 g/mol. The molecule has 50 heavy (non-hydrogen) atoms. The summed E-state index contributed by atoms with van der Waals surface area (Å²) < 4.78 is 36.4. The minimum atomic E-state index is -4.37. The number of hydrogen-bond donors (Lipinski definition) is 0. The predicted octanol–water partition coefficient (Wildman–Crippen LogP) is 12.4. The minimum Gasteiger partial charge on any atom is -0.756 e. The van der Waals surface area contributed by atoms with Gasteiger partial charge in [0, 0.05) is 19.3 Å². The molecule has 2 atom stereocenters. The van der Waals surface area contributed by atoms with Crippen molar-refractivity contribution >= 4 is 7.82 Å². The molecule has 0 aromatic carbocycles. The second kappa shape index (κ2) is 31.4. The Morgan fingerprint density at radius 1 is 0.580 bits per heavy atom. The second-order valence-corrected chi connectivity index (χ2v) is 18.0. The third-order valence-electron chi connectivity index (χ3n) is 10.4. The van der Waals surface area contributed by atoms with Crippen molar-refractivity contribution in [2.45, 2.75) is 225 Å². The van der Waals surface area contributed by atoms with Crippen molar-refractivity contribution in [2.75, 3.05) is 47.5 Å². The van der Waals surface area contributed by atoms with Crippen LogP contribution in [0, 0.1) is 0 Å². The number of nitrogens with zero attached hydrogens (tertiary/aromatic N) is 1. The molecule has 1 rings (SSSR count). The third-order valence-corrected chi connectivity index (χ3v) is 11.3. The molecule has 0 N–H and O–H groups in total. The Morgan fingerprint density at radius 3 is 1.30 bits per heavy atom. The molecule has 1 aliphatic heterocycles. The van der Waals surface area contributed by atoms with Gasteiger partial charge in [-0.2, -0.15) is 0 Å². The molecule has 0 spiro atoms. The Kier molecular flexibility index (Phi) is 30.1. The van der Waals surface area contributed by atoms with Gasteiger partial charge in [-0.15, -0.1) is 0 Å². The highest BCUT2D eigenvalue weighted by molar-refractivity contribution is 7.45. The highest BCUT2D eigenvalue weighted by atomic mass is 31.2. The van der Waals surface area contributed by atoms with Crippen LogP contribution < -0.4 is 4.89 Å². The van der Waals surface area contributed by atoms with E-state index in [2.05, 4.69) is 35.0 Å². The summed E-state index contributed by atoms with van der Waals surface area (Å²) in [6, 6.07) is 0. The molecule has 1 aliphatic rings. The molecule has 1 saturated heterocycles. The van der Waals surface area contributed by atoms with Crippen molar-refractivity contribution in [1.82, 2.24) is 0 Å². The number of phosphoric acid groups is 1. The van der Waals surface area contributed by atoms with Gasteiger partial charge in [-0.25, -0.2) is 0 Å². The largest absolute Gasteiger partial charge is 0.756 e. The van der Waals surface area contributed by atoms with E-state index >= 15 is 0 Å². The maximum Gasteiger partial charge on any atom is 0.267 e. The molecule has 0 aromatic rings. The van der Waals surface area contributed by atoms with Crippen LogP contribution in [0.2, 0.25) is 0 Å². The second-order valence-electron chi connectivity index (χ2n) is 16.6. The zero-order valence-electron chi connectivity index (χ0n) is 34.2. The van der Waals surface area contributed by atoms with E-state index < -0.39 is 13.6 Å². The van der Waals surface area contributed by atoms with E-state index in [9.17, 15) is 9.46 Å². The van der Waals surface area contributed by atoms with Crippen LogP contribution in [0.5, 0.6) is 0 Å². The van der Waals surface area contributed by atoms with Gasteiger partial charge in [0.1, 0.15) is 6.10 Å². The van der Waals surface area contributed by atoms with Crippen molar-refractivity contribution in [1.29, 1.82) is 0 Å². The standard InChI is InChI=1S/C42H86NO6P/c1-6-8-10-12-14-16-18-20-22-24-26-28-30-32-35-42(36-33-31-29-27-25-23-21-19-17-15-13-11-9-7-2)46-39-41(49-42)40-48-50(44,45)47-38-34-37-43(3,4)5/h41H,6-40H2,1-5H3. The Bertz CT molecular complexity index is 759. The molecule has 0 bridgehead atoms. The van der Waals surface area contributed by atoms with E-state index in [1.165, 1.54) is 167 Å². The summed E-state index contributed by atoms with van der Waals surface area (Å²) in [7, 11) is 1.87. The molecular weight excluding hydrogens is 645 g/mol. The summed E-state index contributed by atoms with van der Waals surface area (Å²) in [6.45, 7) is 5.87. The van der Waals surface area contributed by atoms with Gasteiger partial charge in [-0.05, 0) is 12.8 Å². The molecule has 7 nitrogen and oxygen atoms in total. The Labute approximate surface area is 311 Å². The van der Waals surface area contributed by atoms with Gasteiger partial charge in [0.05, 0.1) is 47.5 Å². The first-order chi connectivity index (χ1) is 24.1. The fourth-order valence-electron chi connectivity index (χ4n) is 7.19. The van der Waals surface area contributed by atoms with Crippen LogP contribution in [-0.4, -0.2) is 63.9 Å². The minimum absolute atomic E-state index is 0.0463. The number of quaternary nitrogens is 1. The molecule has 0 aliphatic carbocycles. The van der Waals surface area contributed by atoms with E-state index in [-0.39, 0.29) is 19.3 Å². The Balaban J connectivity index is 2.33. The van der Waals surface area contributed by atoms with Crippen LogP contribution in [0.4, 0.5) is 0 Å². The molecule has 1 fully saturated rings. The van der Waals surface area contributed by atoms with E-state index in [1.807, 2.05) is 0 Å². The number of phosphoric ester groups is 1. The van der Waals surface area contributed by atoms with Crippen LogP contribution >= 0.6 is 7.82 Å². The molecule has 0 amide bonds. The molecule has 0 saturated carbocycles. The normalized spacial score (nSPS) is 17.4. The van der Waals surface area contributed by atoms with E-state index in [0.717, 1.165) is 36.7 Å². The molecule has 2 unspecified atom stereocenters. The lowest BCUT2D eigenvalue weighted by Gasteiger charge is -2.29. The van der Waals surface area contributed by atoms with Gasteiger partial charge >= 0.3 is 0 Å². The number of hydrogen-bond acceptors (Lipinski definition) is 6.